The van der Waals surface area contributed by atoms with Gasteiger partial charge < -0.3 is 4.57 Å². The zero-order valence-electron chi connectivity index (χ0n) is 12.2. The number of aromatic nitrogens is 1. The first-order valence-electron chi connectivity index (χ1n) is 7.24. The summed E-state index contributed by atoms with van der Waals surface area (Å²) >= 11 is 0. The van der Waals surface area contributed by atoms with Gasteiger partial charge in [0.2, 0.25) is 0 Å². The van der Waals surface area contributed by atoms with Crippen LogP contribution in [-0.2, 0) is 13.1 Å². The van der Waals surface area contributed by atoms with Gasteiger partial charge in [0.25, 0.3) is 0 Å². The monoisotopic (exact) mass is 292 g/mol. The van der Waals surface area contributed by atoms with Crippen LogP contribution in [0.1, 0.15) is 11.1 Å². The molecule has 22 heavy (non-hydrogen) atoms. The van der Waals surface area contributed by atoms with Crippen molar-refractivity contribution >= 4 is 0 Å². The van der Waals surface area contributed by atoms with Gasteiger partial charge in [-0.3, -0.25) is 4.99 Å². The van der Waals surface area contributed by atoms with Crippen molar-refractivity contribution in [3.63, 3.8) is 0 Å². The second kappa shape index (κ2) is 6.85. The molecule has 0 fully saturated rings. The molecular formula is C19H17FN2. The zero-order chi connectivity index (χ0) is 15.2. The average Bonchev–Trinajstić information content (AvgIpc) is 2.57. The topological polar surface area (TPSA) is 17.3 Å². The molecule has 0 N–H and O–H groups in total. The Labute approximate surface area is 129 Å². The van der Waals surface area contributed by atoms with E-state index in [1.165, 1.54) is 17.7 Å². The average molecular weight is 292 g/mol. The molecule has 1 aromatic heterocycles. The van der Waals surface area contributed by atoms with Crippen molar-refractivity contribution < 1.29 is 4.39 Å². The fraction of sp³-hybridized carbons (Fsp3) is 0.105. The Hall–Kier alpha value is -2.68. The summed E-state index contributed by atoms with van der Waals surface area (Å²) < 4.78 is 14.9. The molecule has 0 aliphatic carbocycles. The van der Waals surface area contributed by atoms with E-state index in [0.717, 1.165) is 17.5 Å². The van der Waals surface area contributed by atoms with Crippen LogP contribution in [0.25, 0.3) is 0 Å². The summed E-state index contributed by atoms with van der Waals surface area (Å²) in [6, 6.07) is 20.7. The van der Waals surface area contributed by atoms with Crippen molar-refractivity contribution in [1.29, 1.82) is 0 Å². The van der Waals surface area contributed by atoms with E-state index in [0.29, 0.717) is 6.54 Å². The lowest BCUT2D eigenvalue weighted by atomic mass is 10.2. The van der Waals surface area contributed by atoms with Crippen LogP contribution in [0.4, 0.5) is 4.39 Å². The molecule has 3 aromatic rings. The second-order valence-corrected chi connectivity index (χ2v) is 5.16. The number of hydrogen-bond donors (Lipinski definition) is 0. The summed E-state index contributed by atoms with van der Waals surface area (Å²) in [5.74, 6) is -0.205. The summed E-state index contributed by atoms with van der Waals surface area (Å²) in [6.07, 6.45) is 3.99. The van der Waals surface area contributed by atoms with Crippen LogP contribution in [0.2, 0.25) is 0 Å². The summed E-state index contributed by atoms with van der Waals surface area (Å²) in [5, 5.41) is 0.958. The van der Waals surface area contributed by atoms with Crippen molar-refractivity contribution in [2.24, 2.45) is 4.99 Å². The molecule has 2 aromatic carbocycles. The van der Waals surface area contributed by atoms with Crippen molar-refractivity contribution in [1.82, 2.24) is 4.57 Å². The molecule has 3 heteroatoms. The normalized spacial score (nSPS) is 10.4. The lowest BCUT2D eigenvalue weighted by Crippen LogP contribution is -2.06. The van der Waals surface area contributed by atoms with Crippen LogP contribution in [0.5, 0.6) is 0 Å². The van der Waals surface area contributed by atoms with Crippen LogP contribution >= 0.6 is 0 Å². The Morgan fingerprint density at radius 1 is 0.773 bits per heavy atom. The van der Waals surface area contributed by atoms with E-state index >= 15 is 0 Å². The summed E-state index contributed by atoms with van der Waals surface area (Å²) in [6.45, 7) is 1.40. The predicted molar refractivity (Wildman–Crippen MR) is 85.6 cm³/mol. The Balaban J connectivity index is 1.68. The van der Waals surface area contributed by atoms with Gasteiger partial charge in [-0.2, -0.15) is 0 Å². The van der Waals surface area contributed by atoms with Gasteiger partial charge in [-0.05, 0) is 35.4 Å². The van der Waals surface area contributed by atoms with Crippen molar-refractivity contribution in [3.8, 4) is 0 Å². The van der Waals surface area contributed by atoms with Crippen molar-refractivity contribution in [2.45, 2.75) is 13.1 Å². The molecule has 3 rings (SSSR count). The smallest absolute Gasteiger partial charge is 0.123 e. The molecule has 0 saturated heterocycles. The first-order valence-corrected chi connectivity index (χ1v) is 7.24. The first-order chi connectivity index (χ1) is 10.8. The van der Waals surface area contributed by atoms with Crippen molar-refractivity contribution in [2.75, 3.05) is 0 Å². The van der Waals surface area contributed by atoms with E-state index in [-0.39, 0.29) is 5.82 Å². The third kappa shape index (κ3) is 3.92. The molecule has 1 heterocycles. The van der Waals surface area contributed by atoms with Gasteiger partial charge in [-0.15, -0.1) is 0 Å². The number of nitrogens with zero attached hydrogens (tertiary/aromatic N) is 2. The van der Waals surface area contributed by atoms with Crippen LogP contribution in [0, 0.1) is 5.82 Å². The molecule has 0 amide bonds. The summed E-state index contributed by atoms with van der Waals surface area (Å²) in [7, 11) is 0. The maximum absolute atomic E-state index is 12.9. The molecule has 0 spiro atoms. The third-order valence-electron chi connectivity index (χ3n) is 3.44. The van der Waals surface area contributed by atoms with E-state index in [2.05, 4.69) is 21.7 Å². The van der Waals surface area contributed by atoms with Crippen LogP contribution < -0.4 is 5.36 Å². The van der Waals surface area contributed by atoms with Crippen LogP contribution in [-0.4, -0.2) is 4.57 Å². The highest BCUT2D eigenvalue weighted by Gasteiger charge is 1.95. The van der Waals surface area contributed by atoms with Gasteiger partial charge in [-0.1, -0.05) is 42.5 Å². The van der Waals surface area contributed by atoms with Crippen LogP contribution in [0.3, 0.4) is 0 Å². The Morgan fingerprint density at radius 2 is 1.45 bits per heavy atom. The molecule has 0 radical (unpaired) electrons. The quantitative estimate of drug-likeness (QED) is 0.696. The van der Waals surface area contributed by atoms with Crippen LogP contribution in [0.15, 0.2) is 84.1 Å². The molecular weight excluding hydrogens is 275 g/mol. The lowest BCUT2D eigenvalue weighted by Gasteiger charge is -2.06. The molecule has 0 aliphatic heterocycles. The largest absolute Gasteiger partial charge is 0.350 e. The molecule has 0 atom stereocenters. The Morgan fingerprint density at radius 3 is 2.14 bits per heavy atom. The number of hydrogen-bond acceptors (Lipinski definition) is 1. The van der Waals surface area contributed by atoms with Gasteiger partial charge in [0.1, 0.15) is 5.82 Å². The highest BCUT2D eigenvalue weighted by Crippen LogP contribution is 2.04. The SMILES string of the molecule is Fc1ccc(Cn2ccc(=NCc3ccccc3)cc2)cc1. The molecule has 110 valence electrons. The van der Waals surface area contributed by atoms with E-state index in [9.17, 15) is 4.39 Å². The Bertz CT molecular complexity index is 769. The molecule has 0 aliphatic rings. The maximum atomic E-state index is 12.9. The highest BCUT2D eigenvalue weighted by atomic mass is 19.1. The standard InChI is InChI=1S/C19H17FN2/c20-18-8-6-17(7-9-18)15-22-12-10-19(11-13-22)21-14-16-4-2-1-3-5-16/h1-13H,14-15H2. The molecule has 0 saturated carbocycles. The third-order valence-corrected chi connectivity index (χ3v) is 3.44. The van der Waals surface area contributed by atoms with Gasteiger partial charge in [0.15, 0.2) is 0 Å². The second-order valence-electron chi connectivity index (χ2n) is 5.16. The number of pyridine rings is 1. The predicted octanol–water partition coefficient (Wildman–Crippen LogP) is 3.78. The lowest BCUT2D eigenvalue weighted by molar-refractivity contribution is 0.626. The number of halogens is 1. The van der Waals surface area contributed by atoms with Crippen molar-refractivity contribution in [3.05, 3.63) is 101 Å². The molecule has 0 bridgehead atoms. The van der Waals surface area contributed by atoms with Gasteiger partial charge >= 0.3 is 0 Å². The zero-order valence-corrected chi connectivity index (χ0v) is 12.2. The van der Waals surface area contributed by atoms with E-state index in [1.54, 1.807) is 12.1 Å². The summed E-state index contributed by atoms with van der Waals surface area (Å²) in [5.41, 5.74) is 2.27. The van der Waals surface area contributed by atoms with E-state index < -0.39 is 0 Å². The molecule has 2 nitrogen and oxygen atoms in total. The fourth-order valence-electron chi connectivity index (χ4n) is 2.23. The van der Waals surface area contributed by atoms with Gasteiger partial charge in [0, 0.05) is 18.9 Å². The minimum absolute atomic E-state index is 0.205. The van der Waals surface area contributed by atoms with E-state index in [1.807, 2.05) is 42.7 Å². The molecule has 0 unspecified atom stereocenters. The van der Waals surface area contributed by atoms with E-state index in [4.69, 9.17) is 0 Å². The minimum Gasteiger partial charge on any atom is -0.350 e. The van der Waals surface area contributed by atoms with Gasteiger partial charge in [-0.25, -0.2) is 4.39 Å². The minimum atomic E-state index is -0.205. The maximum Gasteiger partial charge on any atom is 0.123 e. The number of rotatable bonds is 4. The Kier molecular flexibility index (Phi) is 4.44. The number of benzene rings is 2. The highest BCUT2D eigenvalue weighted by molar-refractivity contribution is 5.17. The summed E-state index contributed by atoms with van der Waals surface area (Å²) in [4.78, 5) is 4.57. The van der Waals surface area contributed by atoms with Gasteiger partial charge in [0.05, 0.1) is 11.9 Å². The fourth-order valence-corrected chi connectivity index (χ4v) is 2.23. The first kappa shape index (κ1) is 14.3.